The van der Waals surface area contributed by atoms with Crippen molar-refractivity contribution in [1.29, 1.82) is 0 Å². The quantitative estimate of drug-likeness (QED) is 0.573. The average Bonchev–Trinajstić information content (AvgIpc) is 2.46. The molecule has 0 fully saturated rings. The predicted molar refractivity (Wildman–Crippen MR) is 81.8 cm³/mol. The van der Waals surface area contributed by atoms with Crippen molar-refractivity contribution < 1.29 is 28.3 Å². The molecule has 0 heterocycles. The maximum Gasteiger partial charge on any atom is 0.294 e. The molecule has 0 atom stereocenters. The zero-order valence-corrected chi connectivity index (χ0v) is 12.5. The van der Waals surface area contributed by atoms with E-state index < -0.39 is 10.1 Å². The van der Waals surface area contributed by atoms with Crippen LogP contribution in [-0.4, -0.2) is 54.6 Å². The molecule has 2 rings (SSSR count). The van der Waals surface area contributed by atoms with Crippen LogP contribution in [0.1, 0.15) is 0 Å². The van der Waals surface area contributed by atoms with Crippen molar-refractivity contribution >= 4 is 26.6 Å². The van der Waals surface area contributed by atoms with Crippen molar-refractivity contribution in [3.05, 3.63) is 30.3 Å². The molecular formula is C14H17NO6S. The Morgan fingerprint density at radius 2 is 1.64 bits per heavy atom. The lowest BCUT2D eigenvalue weighted by Crippen LogP contribution is -2.29. The normalized spacial score (nSPS) is 11.8. The third-order valence-electron chi connectivity index (χ3n) is 3.29. The lowest BCUT2D eigenvalue weighted by atomic mass is 10.1. The van der Waals surface area contributed by atoms with Gasteiger partial charge in [0.15, 0.2) is 0 Å². The summed E-state index contributed by atoms with van der Waals surface area (Å²) in [4.78, 5) is 1.35. The van der Waals surface area contributed by atoms with Gasteiger partial charge in [0, 0.05) is 30.2 Å². The van der Waals surface area contributed by atoms with Crippen LogP contribution in [0.4, 0.5) is 5.69 Å². The van der Waals surface area contributed by atoms with E-state index in [0.717, 1.165) is 6.07 Å². The third-order valence-corrected chi connectivity index (χ3v) is 4.12. The van der Waals surface area contributed by atoms with Crippen LogP contribution in [0.2, 0.25) is 0 Å². The zero-order chi connectivity index (χ0) is 16.3. The van der Waals surface area contributed by atoms with Gasteiger partial charge >= 0.3 is 0 Å². The fraction of sp³-hybridized carbons (Fsp3) is 0.286. The van der Waals surface area contributed by atoms with E-state index in [1.54, 1.807) is 23.1 Å². The van der Waals surface area contributed by atoms with Gasteiger partial charge in [0.05, 0.1) is 18.1 Å². The smallest absolute Gasteiger partial charge is 0.294 e. The summed E-state index contributed by atoms with van der Waals surface area (Å²) in [7, 11) is -4.40. The summed E-state index contributed by atoms with van der Waals surface area (Å²) in [6, 6.07) is 7.14. The van der Waals surface area contributed by atoms with Crippen LogP contribution in [0.25, 0.3) is 10.8 Å². The van der Waals surface area contributed by atoms with E-state index in [9.17, 15) is 13.5 Å². The second kappa shape index (κ2) is 6.49. The van der Waals surface area contributed by atoms with Gasteiger partial charge in [-0.05, 0) is 23.6 Å². The fourth-order valence-electron chi connectivity index (χ4n) is 2.26. The summed E-state index contributed by atoms with van der Waals surface area (Å²) < 4.78 is 31.4. The molecule has 0 unspecified atom stereocenters. The van der Waals surface area contributed by atoms with Crippen molar-refractivity contribution in [1.82, 2.24) is 0 Å². The van der Waals surface area contributed by atoms with Gasteiger partial charge in [-0.2, -0.15) is 8.42 Å². The lowest BCUT2D eigenvalue weighted by Gasteiger charge is -2.23. The molecule has 0 aliphatic carbocycles. The highest BCUT2D eigenvalue weighted by atomic mass is 32.2. The van der Waals surface area contributed by atoms with Crippen LogP contribution < -0.4 is 4.90 Å². The number of aliphatic hydroxyl groups is 2. The van der Waals surface area contributed by atoms with Crippen molar-refractivity contribution in [2.24, 2.45) is 0 Å². The van der Waals surface area contributed by atoms with E-state index in [4.69, 9.17) is 14.8 Å². The Morgan fingerprint density at radius 1 is 1.00 bits per heavy atom. The number of rotatable bonds is 6. The highest BCUT2D eigenvalue weighted by Gasteiger charge is 2.14. The van der Waals surface area contributed by atoms with E-state index in [0.29, 0.717) is 29.5 Å². The van der Waals surface area contributed by atoms with Crippen molar-refractivity contribution in [2.75, 3.05) is 31.2 Å². The molecule has 0 spiro atoms. The van der Waals surface area contributed by atoms with Crippen molar-refractivity contribution in [3.8, 4) is 5.75 Å². The summed E-state index contributed by atoms with van der Waals surface area (Å²) in [5.74, 6) is -0.278. The van der Waals surface area contributed by atoms with Gasteiger partial charge in [-0.1, -0.05) is 6.07 Å². The molecule has 8 heteroatoms. The zero-order valence-electron chi connectivity index (χ0n) is 11.7. The molecular weight excluding hydrogens is 310 g/mol. The van der Waals surface area contributed by atoms with Crippen LogP contribution in [0.5, 0.6) is 5.75 Å². The Morgan fingerprint density at radius 3 is 2.18 bits per heavy atom. The van der Waals surface area contributed by atoms with Crippen LogP contribution in [0.15, 0.2) is 35.2 Å². The third kappa shape index (κ3) is 3.47. The molecule has 7 nitrogen and oxygen atoms in total. The number of aliphatic hydroxyl groups excluding tert-OH is 2. The Kier molecular flexibility index (Phi) is 4.87. The first-order valence-electron chi connectivity index (χ1n) is 6.57. The molecule has 0 aliphatic heterocycles. The number of phenols is 1. The largest absolute Gasteiger partial charge is 0.507 e. The standard InChI is InChI=1S/C14H17NO6S/c16-5-3-15(4-6-17)11-2-1-10-7-12(22(19,20)21)9-14(18)13(10)8-11/h1-2,7-9,16-18H,3-6H2,(H,19,20,21). The van der Waals surface area contributed by atoms with Gasteiger partial charge in [0.1, 0.15) is 5.75 Å². The maximum atomic E-state index is 11.2. The number of fused-ring (bicyclic) bond motifs is 1. The molecule has 4 N–H and O–H groups in total. The number of hydrogen-bond acceptors (Lipinski definition) is 6. The average molecular weight is 327 g/mol. The maximum absolute atomic E-state index is 11.2. The van der Waals surface area contributed by atoms with E-state index in [2.05, 4.69) is 0 Å². The fourth-order valence-corrected chi connectivity index (χ4v) is 2.79. The van der Waals surface area contributed by atoms with Gasteiger partial charge in [0.2, 0.25) is 0 Å². The predicted octanol–water partition coefficient (Wildman–Crippen LogP) is 0.583. The number of hydrogen-bond donors (Lipinski definition) is 4. The molecule has 22 heavy (non-hydrogen) atoms. The van der Waals surface area contributed by atoms with E-state index in [1.165, 1.54) is 6.07 Å². The highest BCUT2D eigenvalue weighted by molar-refractivity contribution is 7.85. The molecule has 0 bridgehead atoms. The summed E-state index contributed by atoms with van der Waals surface area (Å²) >= 11 is 0. The lowest BCUT2D eigenvalue weighted by molar-refractivity contribution is 0.281. The van der Waals surface area contributed by atoms with Crippen molar-refractivity contribution in [3.63, 3.8) is 0 Å². The van der Waals surface area contributed by atoms with Crippen LogP contribution in [0.3, 0.4) is 0 Å². The molecule has 0 aliphatic rings. The summed E-state index contributed by atoms with van der Waals surface area (Å²) in [5.41, 5.74) is 0.672. The van der Waals surface area contributed by atoms with E-state index in [-0.39, 0.29) is 23.9 Å². The monoisotopic (exact) mass is 327 g/mol. The van der Waals surface area contributed by atoms with Gasteiger partial charge in [-0.3, -0.25) is 4.55 Å². The minimum Gasteiger partial charge on any atom is -0.507 e. The molecule has 0 saturated carbocycles. The van der Waals surface area contributed by atoms with Gasteiger partial charge in [-0.25, -0.2) is 0 Å². The van der Waals surface area contributed by atoms with Gasteiger partial charge in [0.25, 0.3) is 10.1 Å². The van der Waals surface area contributed by atoms with E-state index in [1.807, 2.05) is 0 Å². The Labute approximate surface area is 127 Å². The molecule has 2 aromatic carbocycles. The summed E-state index contributed by atoms with van der Waals surface area (Å²) in [6.45, 7) is 0.448. The Bertz CT molecular complexity index is 768. The Balaban J connectivity index is 2.53. The number of aromatic hydroxyl groups is 1. The van der Waals surface area contributed by atoms with Crippen molar-refractivity contribution in [2.45, 2.75) is 4.90 Å². The van der Waals surface area contributed by atoms with Gasteiger partial charge < -0.3 is 20.2 Å². The highest BCUT2D eigenvalue weighted by Crippen LogP contribution is 2.31. The number of nitrogens with zero attached hydrogens (tertiary/aromatic N) is 1. The minimum absolute atomic E-state index is 0.0916. The first-order valence-corrected chi connectivity index (χ1v) is 8.01. The second-order valence-electron chi connectivity index (χ2n) is 4.76. The summed E-state index contributed by atoms with van der Waals surface area (Å²) in [5, 5.41) is 28.9. The van der Waals surface area contributed by atoms with Gasteiger partial charge in [-0.15, -0.1) is 0 Å². The van der Waals surface area contributed by atoms with Crippen LogP contribution in [-0.2, 0) is 10.1 Å². The first kappa shape index (κ1) is 16.5. The molecule has 0 radical (unpaired) electrons. The Hall–Kier alpha value is -1.87. The SMILES string of the molecule is O=S(=O)(O)c1cc(O)c2cc(N(CCO)CCO)ccc2c1. The summed E-state index contributed by atoms with van der Waals surface area (Å²) in [6.07, 6.45) is 0. The molecule has 0 amide bonds. The molecule has 120 valence electrons. The van der Waals surface area contributed by atoms with Crippen LogP contribution >= 0.6 is 0 Å². The number of phenolic OH excluding ortho intramolecular Hbond substituents is 1. The minimum atomic E-state index is -4.40. The number of anilines is 1. The molecule has 2 aromatic rings. The molecule has 0 saturated heterocycles. The second-order valence-corrected chi connectivity index (χ2v) is 6.18. The number of benzene rings is 2. The molecule has 0 aromatic heterocycles. The topological polar surface area (TPSA) is 118 Å². The first-order chi connectivity index (χ1) is 10.4. The van der Waals surface area contributed by atoms with E-state index >= 15 is 0 Å². The van der Waals surface area contributed by atoms with Crippen LogP contribution in [0, 0.1) is 0 Å².